The number of aliphatic hydroxyl groups excluding tert-OH is 1. The first-order valence-corrected chi connectivity index (χ1v) is 6.40. The van der Waals surface area contributed by atoms with Crippen molar-refractivity contribution >= 4 is 12.0 Å². The second-order valence-electron chi connectivity index (χ2n) is 5.67. The number of piperazine rings is 1. The van der Waals surface area contributed by atoms with E-state index in [1.165, 1.54) is 0 Å². The van der Waals surface area contributed by atoms with E-state index in [4.69, 9.17) is 10.2 Å². The molecular formula is C12H23N3O4. The van der Waals surface area contributed by atoms with Crippen LogP contribution in [-0.4, -0.2) is 76.4 Å². The fourth-order valence-electron chi connectivity index (χ4n) is 2.15. The van der Waals surface area contributed by atoms with Crippen LogP contribution in [0.2, 0.25) is 0 Å². The van der Waals surface area contributed by atoms with Gasteiger partial charge in [-0.1, -0.05) is 0 Å². The molecule has 1 rings (SSSR count). The molecule has 1 fully saturated rings. The Morgan fingerprint density at radius 3 is 2.11 bits per heavy atom. The molecule has 1 heterocycles. The molecule has 1 unspecified atom stereocenters. The lowest BCUT2D eigenvalue weighted by Gasteiger charge is -2.42. The number of carbonyl (C=O) groups excluding carboxylic acids is 1. The van der Waals surface area contributed by atoms with Crippen LogP contribution in [0.3, 0.4) is 0 Å². The van der Waals surface area contributed by atoms with Crippen LogP contribution in [0.5, 0.6) is 0 Å². The van der Waals surface area contributed by atoms with Crippen LogP contribution in [0, 0.1) is 0 Å². The van der Waals surface area contributed by atoms with Crippen molar-refractivity contribution < 1.29 is 19.8 Å². The highest BCUT2D eigenvalue weighted by Crippen LogP contribution is 2.16. The van der Waals surface area contributed by atoms with E-state index in [2.05, 4.69) is 25.7 Å². The SMILES string of the molecule is CC(C)(C)N1CCN(C(=O)C(CO)NC(=O)O)CC1. The molecule has 2 amide bonds. The van der Waals surface area contributed by atoms with Crippen molar-refractivity contribution in [1.82, 2.24) is 15.1 Å². The Morgan fingerprint density at radius 2 is 1.74 bits per heavy atom. The number of hydrogen-bond acceptors (Lipinski definition) is 4. The standard InChI is InChI=1S/C12H23N3O4/c1-12(2,3)15-6-4-14(5-7-15)10(17)9(8-16)13-11(18)19/h9,13,16H,4-8H2,1-3H3,(H,18,19). The molecule has 1 aliphatic heterocycles. The fraction of sp³-hybridized carbons (Fsp3) is 0.833. The number of nitrogens with zero attached hydrogens (tertiary/aromatic N) is 2. The van der Waals surface area contributed by atoms with Crippen LogP contribution in [-0.2, 0) is 4.79 Å². The molecule has 0 spiro atoms. The van der Waals surface area contributed by atoms with Crippen LogP contribution in [0.25, 0.3) is 0 Å². The summed E-state index contributed by atoms with van der Waals surface area (Å²) in [7, 11) is 0. The third-order valence-electron chi connectivity index (χ3n) is 3.32. The smallest absolute Gasteiger partial charge is 0.405 e. The van der Waals surface area contributed by atoms with Crippen molar-refractivity contribution in [2.75, 3.05) is 32.8 Å². The van der Waals surface area contributed by atoms with E-state index >= 15 is 0 Å². The summed E-state index contributed by atoms with van der Waals surface area (Å²) in [6.07, 6.45) is -1.30. The number of carbonyl (C=O) groups is 2. The molecule has 0 bridgehead atoms. The lowest BCUT2D eigenvalue weighted by Crippen LogP contribution is -2.58. The summed E-state index contributed by atoms with van der Waals surface area (Å²) < 4.78 is 0. The van der Waals surface area contributed by atoms with Gasteiger partial charge in [0.1, 0.15) is 6.04 Å². The molecule has 1 atom stereocenters. The van der Waals surface area contributed by atoms with Crippen molar-refractivity contribution in [2.45, 2.75) is 32.4 Å². The van der Waals surface area contributed by atoms with Gasteiger partial charge in [0.2, 0.25) is 5.91 Å². The molecule has 0 saturated carbocycles. The van der Waals surface area contributed by atoms with Crippen molar-refractivity contribution in [3.8, 4) is 0 Å². The highest BCUT2D eigenvalue weighted by Gasteiger charge is 2.31. The molecule has 0 aliphatic carbocycles. The van der Waals surface area contributed by atoms with Gasteiger partial charge in [-0.3, -0.25) is 9.69 Å². The first-order valence-electron chi connectivity index (χ1n) is 6.40. The molecule has 3 N–H and O–H groups in total. The molecule has 110 valence electrons. The summed E-state index contributed by atoms with van der Waals surface area (Å²) in [6, 6.07) is -1.07. The number of carboxylic acid groups (broad SMARTS) is 1. The molecular weight excluding hydrogens is 250 g/mol. The predicted molar refractivity (Wildman–Crippen MR) is 69.9 cm³/mol. The van der Waals surface area contributed by atoms with Crippen molar-refractivity contribution in [2.24, 2.45) is 0 Å². The average Bonchev–Trinajstić information content (AvgIpc) is 2.34. The first-order chi connectivity index (χ1) is 8.75. The first kappa shape index (κ1) is 15.7. The van der Waals surface area contributed by atoms with E-state index in [0.717, 1.165) is 13.1 Å². The van der Waals surface area contributed by atoms with Gasteiger partial charge in [-0.25, -0.2) is 4.79 Å². The van der Waals surface area contributed by atoms with Crippen molar-refractivity contribution in [3.63, 3.8) is 0 Å². The highest BCUT2D eigenvalue weighted by molar-refractivity contribution is 5.85. The third kappa shape index (κ3) is 4.36. The average molecular weight is 273 g/mol. The molecule has 0 radical (unpaired) electrons. The zero-order valence-electron chi connectivity index (χ0n) is 11.7. The minimum Gasteiger partial charge on any atom is -0.465 e. The van der Waals surface area contributed by atoms with Gasteiger partial charge < -0.3 is 20.4 Å². The number of amides is 2. The number of hydrogen-bond donors (Lipinski definition) is 3. The number of rotatable bonds is 3. The Morgan fingerprint density at radius 1 is 1.21 bits per heavy atom. The molecule has 7 nitrogen and oxygen atoms in total. The Labute approximate surface area is 113 Å². The molecule has 0 aromatic rings. The molecule has 19 heavy (non-hydrogen) atoms. The predicted octanol–water partition coefficient (Wildman–Crippen LogP) is -0.442. The Hall–Kier alpha value is -1.34. The van der Waals surface area contributed by atoms with Gasteiger partial charge in [0, 0.05) is 31.7 Å². The maximum Gasteiger partial charge on any atom is 0.405 e. The number of nitrogens with one attached hydrogen (secondary N) is 1. The van der Waals surface area contributed by atoms with Gasteiger partial charge in [0.25, 0.3) is 0 Å². The van der Waals surface area contributed by atoms with Crippen LogP contribution in [0.15, 0.2) is 0 Å². The third-order valence-corrected chi connectivity index (χ3v) is 3.32. The van der Waals surface area contributed by atoms with E-state index in [-0.39, 0.29) is 11.4 Å². The second kappa shape index (κ2) is 6.21. The zero-order valence-corrected chi connectivity index (χ0v) is 11.7. The van der Waals surface area contributed by atoms with Gasteiger partial charge in [-0.15, -0.1) is 0 Å². The second-order valence-corrected chi connectivity index (χ2v) is 5.67. The van der Waals surface area contributed by atoms with Crippen LogP contribution in [0.1, 0.15) is 20.8 Å². The Balaban J connectivity index is 2.54. The quantitative estimate of drug-likeness (QED) is 0.648. The van der Waals surface area contributed by atoms with Crippen LogP contribution < -0.4 is 5.32 Å². The van der Waals surface area contributed by atoms with E-state index in [1.807, 2.05) is 5.32 Å². The van der Waals surface area contributed by atoms with Crippen molar-refractivity contribution in [3.05, 3.63) is 0 Å². The molecule has 1 aliphatic rings. The summed E-state index contributed by atoms with van der Waals surface area (Å²) >= 11 is 0. The van der Waals surface area contributed by atoms with Crippen LogP contribution in [0.4, 0.5) is 4.79 Å². The summed E-state index contributed by atoms with van der Waals surface area (Å²) in [6.45, 7) is 8.43. The topological polar surface area (TPSA) is 93.1 Å². The highest BCUT2D eigenvalue weighted by atomic mass is 16.4. The summed E-state index contributed by atoms with van der Waals surface area (Å²) in [5.41, 5.74) is 0.0603. The normalized spacial score (nSPS) is 19.1. The summed E-state index contributed by atoms with van der Waals surface area (Å²) in [5, 5.41) is 19.7. The van der Waals surface area contributed by atoms with Gasteiger partial charge in [0.05, 0.1) is 6.61 Å². The molecule has 7 heteroatoms. The van der Waals surface area contributed by atoms with Gasteiger partial charge >= 0.3 is 6.09 Å². The van der Waals surface area contributed by atoms with Gasteiger partial charge in [0.15, 0.2) is 0 Å². The minimum atomic E-state index is -1.30. The summed E-state index contributed by atoms with van der Waals surface area (Å²) in [4.78, 5) is 26.5. The zero-order chi connectivity index (χ0) is 14.6. The summed E-state index contributed by atoms with van der Waals surface area (Å²) in [5.74, 6) is -0.363. The Bertz CT molecular complexity index is 332. The lowest BCUT2D eigenvalue weighted by molar-refractivity contribution is -0.136. The molecule has 1 saturated heterocycles. The molecule has 0 aromatic heterocycles. The fourth-order valence-corrected chi connectivity index (χ4v) is 2.15. The van der Waals surface area contributed by atoms with Crippen LogP contribution >= 0.6 is 0 Å². The van der Waals surface area contributed by atoms with Crippen molar-refractivity contribution in [1.29, 1.82) is 0 Å². The maximum absolute atomic E-state index is 12.0. The Kier molecular flexibility index (Phi) is 5.13. The minimum absolute atomic E-state index is 0.0603. The number of aliphatic hydroxyl groups is 1. The molecule has 0 aromatic carbocycles. The monoisotopic (exact) mass is 273 g/mol. The van der Waals surface area contributed by atoms with E-state index in [9.17, 15) is 9.59 Å². The van der Waals surface area contributed by atoms with Gasteiger partial charge in [-0.05, 0) is 20.8 Å². The van der Waals surface area contributed by atoms with E-state index < -0.39 is 18.7 Å². The largest absolute Gasteiger partial charge is 0.465 e. The maximum atomic E-state index is 12.0. The van der Waals surface area contributed by atoms with E-state index in [1.54, 1.807) is 4.90 Å². The van der Waals surface area contributed by atoms with E-state index in [0.29, 0.717) is 13.1 Å². The lowest BCUT2D eigenvalue weighted by atomic mass is 10.0. The van der Waals surface area contributed by atoms with Gasteiger partial charge in [-0.2, -0.15) is 0 Å².